The number of nitrogens with zero attached hydrogens (tertiary/aromatic N) is 1. The molecule has 1 aromatic carbocycles. The number of aryl methyl sites for hydroxylation is 1. The average Bonchev–Trinajstić information content (AvgIpc) is 2.87. The van der Waals surface area contributed by atoms with Crippen LogP contribution in [0, 0.1) is 0 Å². The van der Waals surface area contributed by atoms with E-state index in [2.05, 4.69) is 4.74 Å². The van der Waals surface area contributed by atoms with Crippen LogP contribution in [0.5, 0.6) is 0 Å². The maximum atomic E-state index is 13.0. The molecule has 0 radical (unpaired) electrons. The van der Waals surface area contributed by atoms with Gasteiger partial charge in [-0.2, -0.15) is 8.42 Å². The Kier molecular flexibility index (Phi) is 4.80. The number of carbonyl (C=O) groups is 2. The molecular weight excluding hydrogens is 313 g/mol. The molecule has 0 bridgehead atoms. The minimum Gasteiger partial charge on any atom is -0.469 e. The average molecular weight is 329 g/mol. The number of amides is 1. The third-order valence-corrected chi connectivity index (χ3v) is 4.69. The quantitative estimate of drug-likeness (QED) is 0.599. The van der Waals surface area contributed by atoms with Gasteiger partial charge < -0.3 is 9.64 Å². The van der Waals surface area contributed by atoms with Gasteiger partial charge in [-0.3, -0.25) is 9.59 Å². The number of benzene rings is 1. The van der Waals surface area contributed by atoms with Crippen LogP contribution in [0.15, 0.2) is 24.3 Å². The molecule has 0 aromatic heterocycles. The lowest BCUT2D eigenvalue weighted by Gasteiger charge is -2.16. The minimum absolute atomic E-state index is 0.181. The molecule has 0 saturated carbocycles. The number of ether oxygens (including phenoxy) is 1. The summed E-state index contributed by atoms with van der Waals surface area (Å²) in [6.45, 7) is -0.181. The molecule has 1 aliphatic heterocycles. The van der Waals surface area contributed by atoms with Crippen molar-refractivity contribution in [3.05, 3.63) is 29.8 Å². The Bertz CT molecular complexity index is 671. The summed E-state index contributed by atoms with van der Waals surface area (Å²) in [5.74, 6) is -0.733. The molecule has 22 heavy (non-hydrogen) atoms. The molecule has 0 N–H and O–H groups in total. The van der Waals surface area contributed by atoms with E-state index in [4.69, 9.17) is 0 Å². The van der Waals surface area contributed by atoms with Crippen molar-refractivity contribution in [1.29, 1.82) is 0 Å². The number of anilines is 1. The van der Waals surface area contributed by atoms with Crippen LogP contribution < -0.4 is 4.90 Å². The van der Waals surface area contributed by atoms with Crippen LogP contribution >= 0.6 is 0 Å². The normalized spacial score (nSPS) is 18.5. The Balaban J connectivity index is 2.05. The second kappa shape index (κ2) is 6.43. The Morgan fingerprint density at radius 2 is 2.00 bits per heavy atom. The van der Waals surface area contributed by atoms with Gasteiger partial charge in [0.25, 0.3) is 0 Å². The van der Waals surface area contributed by atoms with E-state index in [0.29, 0.717) is 12.1 Å². The SMILES string of the molecule is COC(=O)CCc1ccc(N2CC(S(=O)(=O)F)CC2=O)cc1. The van der Waals surface area contributed by atoms with Gasteiger partial charge in [0.15, 0.2) is 0 Å². The van der Waals surface area contributed by atoms with Crippen LogP contribution in [0.1, 0.15) is 18.4 Å². The van der Waals surface area contributed by atoms with E-state index in [-0.39, 0.29) is 25.4 Å². The van der Waals surface area contributed by atoms with Gasteiger partial charge in [-0.05, 0) is 24.1 Å². The zero-order valence-electron chi connectivity index (χ0n) is 12.0. The summed E-state index contributed by atoms with van der Waals surface area (Å²) in [5, 5.41) is -1.31. The number of hydrogen-bond donors (Lipinski definition) is 0. The first kappa shape index (κ1) is 16.4. The summed E-state index contributed by atoms with van der Waals surface area (Å²) >= 11 is 0. The summed E-state index contributed by atoms with van der Waals surface area (Å²) in [6.07, 6.45) is 0.409. The smallest absolute Gasteiger partial charge is 0.307 e. The van der Waals surface area contributed by atoms with E-state index in [0.717, 1.165) is 5.56 Å². The molecule has 1 amide bonds. The van der Waals surface area contributed by atoms with E-state index in [1.165, 1.54) is 12.0 Å². The summed E-state index contributed by atoms with van der Waals surface area (Å²) in [5.41, 5.74) is 1.40. The van der Waals surface area contributed by atoms with Crippen molar-refractivity contribution in [3.63, 3.8) is 0 Å². The van der Waals surface area contributed by atoms with Crippen molar-refractivity contribution in [3.8, 4) is 0 Å². The Morgan fingerprint density at radius 1 is 1.36 bits per heavy atom. The maximum absolute atomic E-state index is 13.0. The van der Waals surface area contributed by atoms with Gasteiger partial charge in [0.2, 0.25) is 5.91 Å². The Labute approximate surface area is 128 Å². The highest BCUT2D eigenvalue weighted by atomic mass is 32.3. The van der Waals surface area contributed by atoms with Crippen LogP contribution in [-0.4, -0.2) is 39.2 Å². The van der Waals surface area contributed by atoms with Crippen molar-refractivity contribution >= 4 is 27.8 Å². The third kappa shape index (κ3) is 3.82. The van der Waals surface area contributed by atoms with Crippen molar-refractivity contribution in [1.82, 2.24) is 0 Å². The molecule has 0 aliphatic carbocycles. The lowest BCUT2D eigenvalue weighted by atomic mass is 10.1. The summed E-state index contributed by atoms with van der Waals surface area (Å²) in [4.78, 5) is 24.1. The molecule has 1 atom stereocenters. The van der Waals surface area contributed by atoms with Gasteiger partial charge in [0.05, 0.1) is 7.11 Å². The van der Waals surface area contributed by atoms with E-state index < -0.39 is 21.4 Å². The van der Waals surface area contributed by atoms with Gasteiger partial charge in [0.1, 0.15) is 5.25 Å². The molecule has 6 nitrogen and oxygen atoms in total. The fourth-order valence-electron chi connectivity index (χ4n) is 2.30. The Hall–Kier alpha value is -1.96. The zero-order valence-corrected chi connectivity index (χ0v) is 12.8. The van der Waals surface area contributed by atoms with Gasteiger partial charge in [0, 0.05) is 25.1 Å². The second-order valence-electron chi connectivity index (χ2n) is 5.05. The van der Waals surface area contributed by atoms with Crippen LogP contribution in [0.3, 0.4) is 0 Å². The van der Waals surface area contributed by atoms with E-state index in [9.17, 15) is 21.9 Å². The van der Waals surface area contributed by atoms with Crippen LogP contribution in [0.25, 0.3) is 0 Å². The molecule has 1 aliphatic rings. The third-order valence-electron chi connectivity index (χ3n) is 3.58. The molecule has 2 rings (SSSR count). The van der Waals surface area contributed by atoms with Gasteiger partial charge >= 0.3 is 16.2 Å². The predicted molar refractivity (Wildman–Crippen MR) is 77.6 cm³/mol. The monoisotopic (exact) mass is 329 g/mol. The summed E-state index contributed by atoms with van der Waals surface area (Å²) < 4.78 is 39.3. The number of hydrogen-bond acceptors (Lipinski definition) is 5. The summed E-state index contributed by atoms with van der Waals surface area (Å²) in [6, 6.07) is 6.78. The molecule has 1 aromatic rings. The summed E-state index contributed by atoms with van der Waals surface area (Å²) in [7, 11) is -3.40. The molecular formula is C14H16FNO5S. The fourth-order valence-corrected chi connectivity index (χ4v) is 2.97. The first-order chi connectivity index (χ1) is 10.3. The van der Waals surface area contributed by atoms with E-state index in [1.54, 1.807) is 24.3 Å². The first-order valence-electron chi connectivity index (χ1n) is 6.71. The number of halogens is 1. The highest BCUT2D eigenvalue weighted by Gasteiger charge is 2.38. The predicted octanol–water partition coefficient (Wildman–Crippen LogP) is 1.20. The van der Waals surface area contributed by atoms with Crippen molar-refractivity contribution in [2.75, 3.05) is 18.6 Å². The van der Waals surface area contributed by atoms with Gasteiger partial charge in [-0.25, -0.2) is 0 Å². The largest absolute Gasteiger partial charge is 0.469 e. The first-order valence-corrected chi connectivity index (χ1v) is 8.15. The maximum Gasteiger partial charge on any atom is 0.307 e. The van der Waals surface area contributed by atoms with Crippen molar-refractivity contribution < 1.29 is 26.6 Å². The minimum atomic E-state index is -4.72. The molecule has 1 heterocycles. The standard InChI is InChI=1S/C14H16FNO5S/c1-21-14(18)7-4-10-2-5-11(6-3-10)16-9-12(8-13(16)17)22(15,19)20/h2-3,5-6,12H,4,7-9H2,1H3. The van der Waals surface area contributed by atoms with Crippen molar-refractivity contribution in [2.24, 2.45) is 0 Å². The second-order valence-corrected chi connectivity index (χ2v) is 6.67. The van der Waals surface area contributed by atoms with Crippen LogP contribution in [0.2, 0.25) is 0 Å². The van der Waals surface area contributed by atoms with E-state index >= 15 is 0 Å². The number of carbonyl (C=O) groups excluding carboxylic acids is 2. The molecule has 8 heteroatoms. The highest BCUT2D eigenvalue weighted by molar-refractivity contribution is 7.87. The van der Waals surface area contributed by atoms with Crippen LogP contribution in [0.4, 0.5) is 9.57 Å². The number of esters is 1. The van der Waals surface area contributed by atoms with Crippen molar-refractivity contribution in [2.45, 2.75) is 24.5 Å². The Morgan fingerprint density at radius 3 is 2.50 bits per heavy atom. The molecule has 120 valence electrons. The number of rotatable bonds is 5. The molecule has 1 fully saturated rings. The van der Waals surface area contributed by atoms with Gasteiger partial charge in [-0.1, -0.05) is 12.1 Å². The number of methoxy groups -OCH3 is 1. The van der Waals surface area contributed by atoms with Gasteiger partial charge in [-0.15, -0.1) is 3.89 Å². The lowest BCUT2D eigenvalue weighted by Crippen LogP contribution is -2.26. The fraction of sp³-hybridized carbons (Fsp3) is 0.429. The zero-order chi connectivity index (χ0) is 16.3. The molecule has 1 saturated heterocycles. The van der Waals surface area contributed by atoms with Crippen LogP contribution in [-0.2, 0) is 31.0 Å². The molecule has 0 spiro atoms. The lowest BCUT2D eigenvalue weighted by molar-refractivity contribution is -0.140. The van der Waals surface area contributed by atoms with E-state index in [1.807, 2.05) is 0 Å². The molecule has 1 unspecified atom stereocenters. The highest BCUT2D eigenvalue weighted by Crippen LogP contribution is 2.26. The topological polar surface area (TPSA) is 80.8 Å².